The van der Waals surface area contributed by atoms with E-state index in [0.29, 0.717) is 26.2 Å². The lowest BCUT2D eigenvalue weighted by molar-refractivity contribution is -0.119. The van der Waals surface area contributed by atoms with Gasteiger partial charge in [0.2, 0.25) is 0 Å². The van der Waals surface area contributed by atoms with Crippen molar-refractivity contribution in [1.29, 1.82) is 0 Å². The zero-order valence-electron chi connectivity index (χ0n) is 13.7. The highest BCUT2D eigenvalue weighted by Gasteiger charge is 2.40. The van der Waals surface area contributed by atoms with Gasteiger partial charge >= 0.3 is 0 Å². The number of halogens is 2. The van der Waals surface area contributed by atoms with Crippen LogP contribution in [0.3, 0.4) is 0 Å². The van der Waals surface area contributed by atoms with Crippen molar-refractivity contribution in [2.45, 2.75) is 4.90 Å². The van der Waals surface area contributed by atoms with E-state index in [4.69, 9.17) is 23.2 Å². The summed E-state index contributed by atoms with van der Waals surface area (Å²) in [4.78, 5) is 29.5. The second-order valence-corrected chi connectivity index (χ2v) is 8.56. The largest absolute Gasteiger partial charge is 0.272 e. The number of nitrogens with zero attached hydrogens (tertiary/aromatic N) is 1. The molecule has 0 atom stereocenters. The minimum atomic E-state index is -0.342. The number of carbonyl (C=O) groups excluding carboxylic acids is 2. The Morgan fingerprint density at radius 3 is 2.04 bits per heavy atom. The molecule has 2 amide bonds. The summed E-state index contributed by atoms with van der Waals surface area (Å²) in [6, 6.07) is 17.5. The first-order valence-electron chi connectivity index (χ1n) is 7.90. The molecule has 1 aromatic heterocycles. The number of anilines is 1. The second kappa shape index (κ2) is 7.52. The predicted octanol–water partition coefficient (Wildman–Crippen LogP) is 6.13. The highest BCUT2D eigenvalue weighted by Crippen LogP contribution is 2.42. The van der Waals surface area contributed by atoms with Gasteiger partial charge in [-0.1, -0.05) is 41.0 Å². The highest BCUT2D eigenvalue weighted by molar-refractivity contribution is 8.04. The Balaban J connectivity index is 1.78. The molecule has 7 heteroatoms. The molecule has 4 rings (SSSR count). The monoisotopic (exact) mass is 431 g/mol. The summed E-state index contributed by atoms with van der Waals surface area (Å²) in [6.45, 7) is 0. The van der Waals surface area contributed by atoms with E-state index in [-0.39, 0.29) is 11.8 Å². The van der Waals surface area contributed by atoms with Crippen LogP contribution in [0.15, 0.2) is 75.8 Å². The highest BCUT2D eigenvalue weighted by atomic mass is 35.5. The van der Waals surface area contributed by atoms with Crippen LogP contribution >= 0.6 is 46.3 Å². The molecule has 0 saturated carbocycles. The quantitative estimate of drug-likeness (QED) is 0.466. The minimum Gasteiger partial charge on any atom is -0.268 e. The van der Waals surface area contributed by atoms with E-state index >= 15 is 0 Å². The van der Waals surface area contributed by atoms with Crippen LogP contribution in [0.2, 0.25) is 10.0 Å². The van der Waals surface area contributed by atoms with Crippen LogP contribution in [0.1, 0.15) is 4.88 Å². The van der Waals surface area contributed by atoms with Crippen LogP contribution < -0.4 is 4.90 Å². The zero-order valence-corrected chi connectivity index (χ0v) is 16.8. The molecule has 0 spiro atoms. The molecule has 27 heavy (non-hydrogen) atoms. The number of thioether (sulfide) groups is 1. The van der Waals surface area contributed by atoms with Crippen molar-refractivity contribution in [3.63, 3.8) is 0 Å². The maximum absolute atomic E-state index is 13.2. The third kappa shape index (κ3) is 3.56. The molecular formula is C20H11Cl2NO2S2. The zero-order chi connectivity index (χ0) is 19.0. The third-order valence-electron chi connectivity index (χ3n) is 3.93. The predicted molar refractivity (Wildman–Crippen MR) is 112 cm³/mol. The van der Waals surface area contributed by atoms with Gasteiger partial charge in [-0.2, -0.15) is 0 Å². The lowest BCUT2D eigenvalue weighted by atomic mass is 10.2. The molecule has 0 radical (unpaired) electrons. The first kappa shape index (κ1) is 18.3. The fourth-order valence-corrected chi connectivity index (χ4v) is 4.76. The van der Waals surface area contributed by atoms with Gasteiger partial charge in [-0.3, -0.25) is 9.59 Å². The summed E-state index contributed by atoms with van der Waals surface area (Å²) in [5.41, 5.74) is 0.917. The maximum Gasteiger partial charge on any atom is 0.272 e. The number of hydrogen-bond acceptors (Lipinski definition) is 4. The van der Waals surface area contributed by atoms with Crippen LogP contribution in [-0.4, -0.2) is 11.8 Å². The lowest BCUT2D eigenvalue weighted by Crippen LogP contribution is -2.31. The van der Waals surface area contributed by atoms with Crippen molar-refractivity contribution in [2.24, 2.45) is 0 Å². The van der Waals surface area contributed by atoms with Crippen molar-refractivity contribution in [1.82, 2.24) is 0 Å². The average molecular weight is 432 g/mol. The molecule has 3 aromatic rings. The van der Waals surface area contributed by atoms with Gasteiger partial charge in [0.05, 0.1) is 16.2 Å². The first-order valence-corrected chi connectivity index (χ1v) is 10.4. The van der Waals surface area contributed by atoms with E-state index < -0.39 is 0 Å². The van der Waals surface area contributed by atoms with Crippen LogP contribution in [0.5, 0.6) is 0 Å². The fourth-order valence-electron chi connectivity index (χ4n) is 2.69. The SMILES string of the molecule is O=C1C(Sc2ccc(Cl)cc2)=C(c2cccs2)C(=O)N1c1ccc(Cl)cc1. The molecule has 0 aliphatic carbocycles. The van der Waals surface area contributed by atoms with E-state index in [0.717, 1.165) is 9.77 Å². The van der Waals surface area contributed by atoms with Crippen molar-refractivity contribution in [3.05, 3.63) is 85.9 Å². The maximum atomic E-state index is 13.2. The van der Waals surface area contributed by atoms with Gasteiger partial charge in [0.15, 0.2) is 0 Å². The number of carbonyl (C=O) groups is 2. The van der Waals surface area contributed by atoms with Crippen LogP contribution in [0.4, 0.5) is 5.69 Å². The third-order valence-corrected chi connectivity index (χ3v) is 6.41. The topological polar surface area (TPSA) is 37.4 Å². The number of thiophene rings is 1. The first-order chi connectivity index (χ1) is 13.0. The summed E-state index contributed by atoms with van der Waals surface area (Å²) in [6.07, 6.45) is 0. The van der Waals surface area contributed by atoms with Gasteiger partial charge < -0.3 is 0 Å². The molecule has 2 heterocycles. The van der Waals surface area contributed by atoms with Gasteiger partial charge in [-0.05, 0) is 60.0 Å². The Kier molecular flexibility index (Phi) is 5.10. The Bertz CT molecular complexity index is 1040. The standard InChI is InChI=1S/C20H11Cl2NO2S2/c21-12-3-7-14(8-4-12)23-19(24)17(16-2-1-11-26-16)18(20(23)25)27-15-9-5-13(22)6-10-15/h1-11H. The molecule has 0 saturated heterocycles. The van der Waals surface area contributed by atoms with Crippen LogP contribution in [0.25, 0.3) is 5.57 Å². The number of benzene rings is 2. The van der Waals surface area contributed by atoms with E-state index in [1.54, 1.807) is 36.4 Å². The molecule has 2 aromatic carbocycles. The van der Waals surface area contributed by atoms with E-state index in [9.17, 15) is 9.59 Å². The van der Waals surface area contributed by atoms with Gasteiger partial charge in [-0.15, -0.1) is 11.3 Å². The second-order valence-electron chi connectivity index (χ2n) is 5.66. The lowest BCUT2D eigenvalue weighted by Gasteiger charge is -2.15. The van der Waals surface area contributed by atoms with Crippen LogP contribution in [-0.2, 0) is 9.59 Å². The van der Waals surface area contributed by atoms with Gasteiger partial charge in [0.1, 0.15) is 0 Å². The molecular weight excluding hydrogens is 421 g/mol. The molecule has 1 aliphatic heterocycles. The summed E-state index contributed by atoms with van der Waals surface area (Å²) in [5.74, 6) is -0.674. The number of imide groups is 1. The van der Waals surface area contributed by atoms with Crippen molar-refractivity contribution >= 4 is 69.4 Å². The Morgan fingerprint density at radius 1 is 0.815 bits per heavy atom. The van der Waals surface area contributed by atoms with Gasteiger partial charge in [-0.25, -0.2) is 4.90 Å². The van der Waals surface area contributed by atoms with Gasteiger partial charge in [0.25, 0.3) is 11.8 Å². The Labute approximate surface area is 174 Å². The summed E-state index contributed by atoms with van der Waals surface area (Å²) in [5, 5.41) is 3.04. The Hall–Kier alpha value is -2.05. The van der Waals surface area contributed by atoms with E-state index in [1.807, 2.05) is 29.6 Å². The summed E-state index contributed by atoms with van der Waals surface area (Å²) in [7, 11) is 0. The smallest absolute Gasteiger partial charge is 0.268 e. The van der Waals surface area contributed by atoms with E-state index in [2.05, 4.69) is 0 Å². The minimum absolute atomic E-state index is 0.332. The number of amides is 2. The van der Waals surface area contributed by atoms with Gasteiger partial charge in [0, 0.05) is 19.8 Å². The Morgan fingerprint density at radius 2 is 1.44 bits per heavy atom. The molecule has 0 bridgehead atoms. The molecule has 1 aliphatic rings. The van der Waals surface area contributed by atoms with Crippen molar-refractivity contribution in [2.75, 3.05) is 4.90 Å². The number of hydrogen-bond donors (Lipinski definition) is 0. The molecule has 134 valence electrons. The summed E-state index contributed by atoms with van der Waals surface area (Å²) < 4.78 is 0. The molecule has 0 unspecified atom stereocenters. The van der Waals surface area contributed by atoms with Crippen molar-refractivity contribution < 1.29 is 9.59 Å². The molecule has 3 nitrogen and oxygen atoms in total. The molecule has 0 N–H and O–H groups in total. The average Bonchev–Trinajstić information content (AvgIpc) is 3.26. The molecule has 0 fully saturated rings. The van der Waals surface area contributed by atoms with Crippen LogP contribution in [0, 0.1) is 0 Å². The summed E-state index contributed by atoms with van der Waals surface area (Å²) >= 11 is 14.6. The number of rotatable bonds is 4. The normalized spacial score (nSPS) is 14.4. The van der Waals surface area contributed by atoms with E-state index in [1.165, 1.54) is 28.0 Å². The van der Waals surface area contributed by atoms with Crippen molar-refractivity contribution in [3.8, 4) is 0 Å². The fraction of sp³-hybridized carbons (Fsp3) is 0.